The van der Waals surface area contributed by atoms with Gasteiger partial charge in [0.05, 0.1) is 16.5 Å². The highest BCUT2D eigenvalue weighted by Gasteiger charge is 2.18. The van der Waals surface area contributed by atoms with Gasteiger partial charge in [-0.05, 0) is 79.7 Å². The van der Waals surface area contributed by atoms with Gasteiger partial charge in [0.2, 0.25) is 0 Å². The van der Waals surface area contributed by atoms with Crippen LogP contribution in [0.15, 0.2) is 100 Å². The number of nitrogen functional groups attached to an aromatic ring is 2. The predicted molar refractivity (Wildman–Crippen MR) is 144 cm³/mol. The van der Waals surface area contributed by atoms with E-state index in [9.17, 15) is 14.4 Å². The number of anilines is 2. The highest BCUT2D eigenvalue weighted by atomic mass is 16.5. The second-order valence-electron chi connectivity index (χ2n) is 8.60. The summed E-state index contributed by atoms with van der Waals surface area (Å²) in [4.78, 5) is 38.6. The molecule has 0 aliphatic heterocycles. The summed E-state index contributed by atoms with van der Waals surface area (Å²) < 4.78 is 17.3. The van der Waals surface area contributed by atoms with Gasteiger partial charge in [0.25, 0.3) is 0 Å². The summed E-state index contributed by atoms with van der Waals surface area (Å²) in [6.07, 6.45) is 0. The number of para-hydroxylation sites is 1. The zero-order chi connectivity index (χ0) is 26.8. The number of ether oxygens (including phenoxy) is 2. The van der Waals surface area contributed by atoms with Gasteiger partial charge in [0.1, 0.15) is 22.8 Å². The molecule has 8 heteroatoms. The van der Waals surface area contributed by atoms with Crippen LogP contribution in [0.25, 0.3) is 22.3 Å². The quantitative estimate of drug-likeness (QED) is 0.184. The Labute approximate surface area is 217 Å². The fraction of sp³-hybridized carbons (Fsp3) is 0.0333. The number of esters is 2. The van der Waals surface area contributed by atoms with E-state index < -0.39 is 11.9 Å². The maximum atomic E-state index is 13.0. The maximum absolute atomic E-state index is 13.0. The van der Waals surface area contributed by atoms with E-state index in [-0.39, 0.29) is 33.8 Å². The highest BCUT2D eigenvalue weighted by molar-refractivity contribution is 5.93. The van der Waals surface area contributed by atoms with Crippen LogP contribution in [-0.4, -0.2) is 11.9 Å². The zero-order valence-electron chi connectivity index (χ0n) is 20.3. The van der Waals surface area contributed by atoms with E-state index in [1.165, 1.54) is 42.5 Å². The molecular formula is C30H22N2O6. The molecule has 0 spiro atoms. The minimum absolute atomic E-state index is 0.0830. The van der Waals surface area contributed by atoms with Crippen molar-refractivity contribution in [3.05, 3.63) is 118 Å². The SMILES string of the molecule is Cc1c(-c2cc(OC(=O)c3ccc(N)cc3)cc(OC(=O)c3ccc(N)cc3)c2)oc2ccccc2c1=O. The number of nitrogens with two attached hydrogens (primary N) is 2. The van der Waals surface area contributed by atoms with Gasteiger partial charge in [-0.2, -0.15) is 0 Å². The molecular weight excluding hydrogens is 484 g/mol. The molecule has 4 aromatic carbocycles. The van der Waals surface area contributed by atoms with Crippen LogP contribution in [0.4, 0.5) is 11.4 Å². The number of fused-ring (bicyclic) bond motifs is 1. The Morgan fingerprint density at radius 1 is 0.711 bits per heavy atom. The van der Waals surface area contributed by atoms with Crippen LogP contribution < -0.4 is 26.4 Å². The van der Waals surface area contributed by atoms with E-state index in [0.29, 0.717) is 33.5 Å². The lowest BCUT2D eigenvalue weighted by atomic mass is 10.0. The summed E-state index contributed by atoms with van der Waals surface area (Å²) in [5.41, 5.74) is 13.9. The maximum Gasteiger partial charge on any atom is 0.343 e. The number of rotatable bonds is 5. The van der Waals surface area contributed by atoms with Crippen molar-refractivity contribution in [3.63, 3.8) is 0 Å². The summed E-state index contributed by atoms with van der Waals surface area (Å²) in [6, 6.07) is 23.8. The Hall–Kier alpha value is -5.37. The molecule has 1 aromatic heterocycles. The third kappa shape index (κ3) is 4.96. The van der Waals surface area contributed by atoms with Gasteiger partial charge in [0, 0.05) is 28.6 Å². The molecule has 0 aliphatic rings. The average molecular weight is 507 g/mol. The van der Waals surface area contributed by atoms with Crippen molar-refractivity contribution in [1.82, 2.24) is 0 Å². The molecule has 0 fully saturated rings. The van der Waals surface area contributed by atoms with Crippen molar-refractivity contribution in [2.24, 2.45) is 0 Å². The van der Waals surface area contributed by atoms with E-state index in [4.69, 9.17) is 25.4 Å². The third-order valence-corrected chi connectivity index (χ3v) is 5.88. The molecule has 0 saturated carbocycles. The largest absolute Gasteiger partial charge is 0.456 e. The van der Waals surface area contributed by atoms with E-state index in [1.54, 1.807) is 55.5 Å². The Kier molecular flexibility index (Phi) is 6.37. The van der Waals surface area contributed by atoms with Gasteiger partial charge in [0.15, 0.2) is 5.43 Å². The first-order valence-corrected chi connectivity index (χ1v) is 11.6. The number of carbonyl (C=O) groups excluding carboxylic acids is 2. The lowest BCUT2D eigenvalue weighted by Crippen LogP contribution is -2.11. The van der Waals surface area contributed by atoms with E-state index in [2.05, 4.69) is 0 Å². The van der Waals surface area contributed by atoms with Gasteiger partial charge < -0.3 is 25.4 Å². The molecule has 0 saturated heterocycles. The summed E-state index contributed by atoms with van der Waals surface area (Å²) in [7, 11) is 0. The third-order valence-electron chi connectivity index (χ3n) is 5.88. The molecule has 0 unspecified atom stereocenters. The van der Waals surface area contributed by atoms with Crippen LogP contribution in [0.3, 0.4) is 0 Å². The molecule has 38 heavy (non-hydrogen) atoms. The van der Waals surface area contributed by atoms with Crippen LogP contribution in [0.2, 0.25) is 0 Å². The smallest absolute Gasteiger partial charge is 0.343 e. The normalized spacial score (nSPS) is 10.8. The summed E-state index contributed by atoms with van der Waals surface area (Å²) >= 11 is 0. The van der Waals surface area contributed by atoms with Gasteiger partial charge >= 0.3 is 11.9 Å². The molecule has 5 rings (SSSR count). The van der Waals surface area contributed by atoms with Crippen LogP contribution in [0.1, 0.15) is 26.3 Å². The predicted octanol–water partition coefficient (Wildman–Crippen LogP) is 5.37. The molecule has 5 aromatic rings. The molecule has 1 heterocycles. The minimum atomic E-state index is -0.644. The molecule has 0 atom stereocenters. The summed E-state index contributed by atoms with van der Waals surface area (Å²) in [5.74, 6) is -0.868. The lowest BCUT2D eigenvalue weighted by Gasteiger charge is -2.12. The Morgan fingerprint density at radius 2 is 1.21 bits per heavy atom. The first-order valence-electron chi connectivity index (χ1n) is 11.6. The summed E-state index contributed by atoms with van der Waals surface area (Å²) in [6.45, 7) is 1.64. The molecule has 0 amide bonds. The van der Waals surface area contributed by atoms with Crippen molar-refractivity contribution in [3.8, 4) is 22.8 Å². The van der Waals surface area contributed by atoms with E-state index in [1.807, 2.05) is 0 Å². The first-order chi connectivity index (χ1) is 18.3. The van der Waals surface area contributed by atoms with E-state index in [0.717, 1.165) is 0 Å². The van der Waals surface area contributed by atoms with Crippen LogP contribution >= 0.6 is 0 Å². The van der Waals surface area contributed by atoms with Gasteiger partial charge in [-0.25, -0.2) is 9.59 Å². The van der Waals surface area contributed by atoms with Crippen molar-refractivity contribution in [2.75, 3.05) is 11.5 Å². The van der Waals surface area contributed by atoms with Gasteiger partial charge in [-0.1, -0.05) is 12.1 Å². The average Bonchev–Trinajstić information content (AvgIpc) is 2.91. The minimum Gasteiger partial charge on any atom is -0.456 e. The molecule has 188 valence electrons. The fourth-order valence-electron chi connectivity index (χ4n) is 3.90. The number of hydrogen-bond donors (Lipinski definition) is 2. The van der Waals surface area contributed by atoms with Crippen LogP contribution in [0, 0.1) is 6.92 Å². The van der Waals surface area contributed by atoms with Crippen molar-refractivity contribution in [2.45, 2.75) is 6.92 Å². The van der Waals surface area contributed by atoms with Gasteiger partial charge in [-0.15, -0.1) is 0 Å². The van der Waals surface area contributed by atoms with Crippen molar-refractivity contribution >= 4 is 34.3 Å². The molecule has 0 bridgehead atoms. The van der Waals surface area contributed by atoms with Crippen LogP contribution in [0.5, 0.6) is 11.5 Å². The Balaban J connectivity index is 1.58. The zero-order valence-corrected chi connectivity index (χ0v) is 20.3. The van der Waals surface area contributed by atoms with Crippen LogP contribution in [-0.2, 0) is 0 Å². The number of carbonyl (C=O) groups is 2. The monoisotopic (exact) mass is 506 g/mol. The van der Waals surface area contributed by atoms with Gasteiger partial charge in [-0.3, -0.25) is 4.79 Å². The molecule has 4 N–H and O–H groups in total. The highest BCUT2D eigenvalue weighted by Crippen LogP contribution is 2.33. The lowest BCUT2D eigenvalue weighted by molar-refractivity contribution is 0.0733. The van der Waals surface area contributed by atoms with Crippen molar-refractivity contribution < 1.29 is 23.5 Å². The second kappa shape index (κ2) is 9.94. The number of hydrogen-bond acceptors (Lipinski definition) is 8. The standard InChI is InChI=1S/C30H22N2O6/c1-17-27(33)25-4-2-3-5-26(25)38-28(17)20-14-23(36-29(34)18-6-10-21(31)11-7-18)16-24(15-20)37-30(35)19-8-12-22(32)13-9-19/h2-16H,31-32H2,1H3. The van der Waals surface area contributed by atoms with E-state index >= 15 is 0 Å². The fourth-order valence-corrected chi connectivity index (χ4v) is 3.90. The molecule has 0 aliphatic carbocycles. The Morgan fingerprint density at radius 3 is 1.74 bits per heavy atom. The van der Waals surface area contributed by atoms with Crippen molar-refractivity contribution in [1.29, 1.82) is 0 Å². The first kappa shape index (κ1) is 24.3. The topological polar surface area (TPSA) is 135 Å². The number of benzene rings is 4. The second-order valence-corrected chi connectivity index (χ2v) is 8.60. The summed E-state index contributed by atoms with van der Waals surface area (Å²) in [5, 5.41) is 0.440. The molecule has 0 radical (unpaired) electrons. The molecule has 8 nitrogen and oxygen atoms in total. The Bertz CT molecular complexity index is 1660.